The van der Waals surface area contributed by atoms with E-state index < -0.39 is 17.8 Å². The van der Waals surface area contributed by atoms with Gasteiger partial charge in [0.05, 0.1) is 11.4 Å². The molecule has 0 saturated heterocycles. The van der Waals surface area contributed by atoms with E-state index in [2.05, 4.69) is 20.5 Å². The van der Waals surface area contributed by atoms with Crippen LogP contribution in [0.2, 0.25) is 0 Å². The smallest absolute Gasteiger partial charge is 0.351 e. The van der Waals surface area contributed by atoms with E-state index in [1.54, 1.807) is 16.8 Å². The summed E-state index contributed by atoms with van der Waals surface area (Å²) in [6.07, 6.45) is -2.23. The Labute approximate surface area is 198 Å². The Balaban J connectivity index is 1.42. The zero-order valence-corrected chi connectivity index (χ0v) is 18.8. The number of fused-ring (bicyclic) bond motifs is 2. The topological polar surface area (TPSA) is 77.1 Å². The van der Waals surface area contributed by atoms with Crippen molar-refractivity contribution in [2.75, 3.05) is 6.54 Å². The van der Waals surface area contributed by atoms with Gasteiger partial charge in [-0.05, 0) is 42.3 Å². The zero-order valence-electron chi connectivity index (χ0n) is 18.8. The maximum atomic E-state index is 13.9. The van der Waals surface area contributed by atoms with Gasteiger partial charge in [0.25, 0.3) is 5.91 Å². The largest absolute Gasteiger partial charge is 0.433 e. The zero-order chi connectivity index (χ0) is 24.6. The third-order valence-corrected chi connectivity index (χ3v) is 5.62. The third-order valence-electron chi connectivity index (χ3n) is 5.62. The molecule has 5 rings (SSSR count). The number of aromatic nitrogens is 5. The van der Waals surface area contributed by atoms with Gasteiger partial charge in [-0.1, -0.05) is 36.4 Å². The lowest BCUT2D eigenvalue weighted by molar-refractivity contribution is -0.142. The number of benzene rings is 2. The predicted octanol–water partition coefficient (Wildman–Crippen LogP) is 4.89. The maximum absolute atomic E-state index is 13.9. The number of halogens is 3. The first-order valence-electron chi connectivity index (χ1n) is 11.0. The van der Waals surface area contributed by atoms with Crippen molar-refractivity contribution in [2.45, 2.75) is 26.1 Å². The number of aryl methyl sites for hydroxylation is 2. The molecule has 0 fully saturated rings. The van der Waals surface area contributed by atoms with Crippen LogP contribution in [0.5, 0.6) is 0 Å². The molecule has 35 heavy (non-hydrogen) atoms. The second-order valence-corrected chi connectivity index (χ2v) is 8.22. The number of carbonyl (C=O) groups is 1. The van der Waals surface area contributed by atoms with Gasteiger partial charge < -0.3 is 5.32 Å². The lowest BCUT2D eigenvalue weighted by Gasteiger charge is -2.11. The Bertz CT molecular complexity index is 1540. The molecule has 1 N–H and O–H groups in total. The summed E-state index contributed by atoms with van der Waals surface area (Å²) in [6.45, 7) is 2.82. The summed E-state index contributed by atoms with van der Waals surface area (Å²) in [5.41, 5.74) is 0.400. The van der Waals surface area contributed by atoms with E-state index in [1.807, 2.05) is 49.5 Å². The van der Waals surface area contributed by atoms with E-state index in [9.17, 15) is 18.0 Å². The number of nitrogens with one attached hydrogen (secondary N) is 1. The van der Waals surface area contributed by atoms with Crippen molar-refractivity contribution in [3.63, 3.8) is 0 Å². The molecule has 0 aliphatic heterocycles. The normalized spacial score (nSPS) is 11.9. The lowest BCUT2D eigenvalue weighted by atomic mass is 10.0. The first kappa shape index (κ1) is 22.6. The molecule has 0 aliphatic rings. The molecule has 3 aromatic heterocycles. The van der Waals surface area contributed by atoms with Crippen LogP contribution in [0.3, 0.4) is 0 Å². The first-order chi connectivity index (χ1) is 16.8. The molecule has 3 heterocycles. The summed E-state index contributed by atoms with van der Waals surface area (Å²) in [4.78, 5) is 17.0. The van der Waals surface area contributed by atoms with E-state index in [1.165, 1.54) is 6.07 Å². The highest BCUT2D eigenvalue weighted by atomic mass is 19.4. The summed E-state index contributed by atoms with van der Waals surface area (Å²) < 4.78 is 44.1. The fraction of sp³-hybridized carbons (Fsp3) is 0.200. The SMILES string of the molecule is Cc1ccn(CCCNC(=O)c2cc3nc(-c4ccc5ccccc5c4)cc(C(F)(F)F)n3n2)n1. The molecule has 7 nitrogen and oxygen atoms in total. The van der Waals surface area contributed by atoms with E-state index in [-0.39, 0.29) is 17.0 Å². The molecule has 10 heteroatoms. The van der Waals surface area contributed by atoms with Gasteiger partial charge in [0, 0.05) is 30.9 Å². The highest BCUT2D eigenvalue weighted by molar-refractivity contribution is 5.93. The van der Waals surface area contributed by atoms with Crippen LogP contribution in [-0.4, -0.2) is 36.8 Å². The summed E-state index contributed by atoms with van der Waals surface area (Å²) in [7, 11) is 0. The van der Waals surface area contributed by atoms with Crippen molar-refractivity contribution >= 4 is 22.3 Å². The Morgan fingerprint density at radius 1 is 1.00 bits per heavy atom. The van der Waals surface area contributed by atoms with Crippen molar-refractivity contribution in [3.8, 4) is 11.3 Å². The van der Waals surface area contributed by atoms with E-state index >= 15 is 0 Å². The maximum Gasteiger partial charge on any atom is 0.433 e. The van der Waals surface area contributed by atoms with Crippen LogP contribution >= 0.6 is 0 Å². The number of hydrogen-bond acceptors (Lipinski definition) is 4. The minimum atomic E-state index is -4.69. The Kier molecular flexibility index (Phi) is 5.72. The fourth-order valence-electron chi connectivity index (χ4n) is 3.91. The Morgan fingerprint density at radius 3 is 2.54 bits per heavy atom. The molecule has 0 radical (unpaired) electrons. The number of nitrogens with zero attached hydrogens (tertiary/aromatic N) is 5. The van der Waals surface area contributed by atoms with E-state index in [0.29, 0.717) is 29.6 Å². The van der Waals surface area contributed by atoms with Crippen LogP contribution in [0.15, 0.2) is 66.9 Å². The van der Waals surface area contributed by atoms with Gasteiger partial charge in [-0.2, -0.15) is 23.4 Å². The summed E-state index contributed by atoms with van der Waals surface area (Å²) in [6, 6.07) is 17.0. The van der Waals surface area contributed by atoms with Crippen LogP contribution in [0.4, 0.5) is 13.2 Å². The van der Waals surface area contributed by atoms with Crippen molar-refractivity contribution in [1.29, 1.82) is 0 Å². The molecule has 178 valence electrons. The summed E-state index contributed by atoms with van der Waals surface area (Å²) in [5.74, 6) is -0.562. The van der Waals surface area contributed by atoms with E-state index in [4.69, 9.17) is 0 Å². The number of alkyl halides is 3. The van der Waals surface area contributed by atoms with Crippen molar-refractivity contribution in [1.82, 2.24) is 29.7 Å². The van der Waals surface area contributed by atoms with Crippen LogP contribution in [0, 0.1) is 6.92 Å². The standard InChI is InChI=1S/C25H21F3N6O/c1-16-9-12-33(31-16)11-4-10-29-24(35)21-15-23-30-20(14-22(25(26,27)28)34(23)32-21)19-8-7-17-5-2-3-6-18(17)13-19/h2-3,5-9,12-15H,4,10-11H2,1H3,(H,29,35). The van der Waals surface area contributed by atoms with Gasteiger partial charge in [-0.15, -0.1) is 0 Å². The molecule has 5 aromatic rings. The average molecular weight is 478 g/mol. The van der Waals surface area contributed by atoms with E-state index in [0.717, 1.165) is 22.5 Å². The quantitative estimate of drug-likeness (QED) is 0.353. The van der Waals surface area contributed by atoms with Gasteiger partial charge >= 0.3 is 6.18 Å². The van der Waals surface area contributed by atoms with Crippen LogP contribution < -0.4 is 5.32 Å². The Hall–Kier alpha value is -4.21. The van der Waals surface area contributed by atoms with Gasteiger partial charge in [0.15, 0.2) is 17.0 Å². The van der Waals surface area contributed by atoms with Gasteiger partial charge in [-0.3, -0.25) is 9.48 Å². The molecular weight excluding hydrogens is 457 g/mol. The second-order valence-electron chi connectivity index (χ2n) is 8.22. The number of hydrogen-bond donors (Lipinski definition) is 1. The third kappa shape index (κ3) is 4.72. The van der Waals surface area contributed by atoms with Crippen molar-refractivity contribution in [3.05, 3.63) is 83.9 Å². The number of carbonyl (C=O) groups excluding carboxylic acids is 1. The van der Waals surface area contributed by atoms with Crippen LogP contribution in [0.25, 0.3) is 27.7 Å². The lowest BCUT2D eigenvalue weighted by Crippen LogP contribution is -2.26. The van der Waals surface area contributed by atoms with Crippen LogP contribution in [0.1, 0.15) is 28.3 Å². The molecular formula is C25H21F3N6O. The molecule has 0 unspecified atom stereocenters. The molecule has 1 amide bonds. The predicted molar refractivity (Wildman–Crippen MR) is 125 cm³/mol. The second kappa shape index (κ2) is 8.86. The van der Waals surface area contributed by atoms with Gasteiger partial charge in [-0.25, -0.2) is 9.50 Å². The molecule has 0 spiro atoms. The minimum Gasteiger partial charge on any atom is -0.351 e. The van der Waals surface area contributed by atoms with Crippen LogP contribution in [-0.2, 0) is 12.7 Å². The summed E-state index contributed by atoms with van der Waals surface area (Å²) in [5, 5.41) is 12.7. The minimum absolute atomic E-state index is 0.0554. The fourth-order valence-corrected chi connectivity index (χ4v) is 3.91. The molecule has 0 saturated carbocycles. The van der Waals surface area contributed by atoms with Gasteiger partial charge in [0.1, 0.15) is 0 Å². The highest BCUT2D eigenvalue weighted by Gasteiger charge is 2.35. The molecule has 0 bridgehead atoms. The average Bonchev–Trinajstić information content (AvgIpc) is 3.46. The Morgan fingerprint density at radius 2 is 1.80 bits per heavy atom. The van der Waals surface area contributed by atoms with Gasteiger partial charge in [0.2, 0.25) is 0 Å². The monoisotopic (exact) mass is 478 g/mol. The summed E-state index contributed by atoms with van der Waals surface area (Å²) >= 11 is 0. The molecule has 0 atom stereocenters. The molecule has 2 aromatic carbocycles. The highest BCUT2D eigenvalue weighted by Crippen LogP contribution is 2.33. The number of rotatable bonds is 6. The van der Waals surface area contributed by atoms with Crippen molar-refractivity contribution < 1.29 is 18.0 Å². The molecule has 0 aliphatic carbocycles. The first-order valence-corrected chi connectivity index (χ1v) is 11.0. The number of amides is 1. The van der Waals surface area contributed by atoms with Crippen molar-refractivity contribution in [2.24, 2.45) is 0 Å².